The Morgan fingerprint density at radius 2 is 2.06 bits per heavy atom. The maximum absolute atomic E-state index is 4.22. The van der Waals surface area contributed by atoms with E-state index in [9.17, 15) is 0 Å². The molecule has 1 N–H and O–H groups in total. The first-order valence-corrected chi connectivity index (χ1v) is 7.09. The Bertz CT molecular complexity index is 487. The summed E-state index contributed by atoms with van der Waals surface area (Å²) in [7, 11) is 0. The van der Waals surface area contributed by atoms with Crippen molar-refractivity contribution in [1.82, 2.24) is 9.97 Å². The summed E-state index contributed by atoms with van der Waals surface area (Å²) in [6.07, 6.45) is 4.48. The molecule has 0 fully saturated rings. The van der Waals surface area contributed by atoms with Crippen LogP contribution >= 0.6 is 22.6 Å². The molecule has 1 heterocycles. The van der Waals surface area contributed by atoms with Crippen LogP contribution in [0.3, 0.4) is 0 Å². The van der Waals surface area contributed by atoms with Gasteiger partial charge in [-0.05, 0) is 40.5 Å². The second-order valence-corrected chi connectivity index (χ2v) is 5.41. The summed E-state index contributed by atoms with van der Waals surface area (Å²) < 4.78 is 1.06. The predicted octanol–water partition coefficient (Wildman–Crippen LogP) is 3.69. The van der Waals surface area contributed by atoms with Crippen molar-refractivity contribution in [2.24, 2.45) is 0 Å². The molecular weight excluding hydrogens is 337 g/mol. The molecule has 0 aliphatic rings. The number of hydrogen-bond acceptors (Lipinski definition) is 3. The third-order valence-corrected chi connectivity index (χ3v) is 3.70. The number of aromatic nitrogens is 2. The predicted molar refractivity (Wildman–Crippen MR) is 82.7 cm³/mol. The maximum atomic E-state index is 4.22. The smallest absolute Gasteiger partial charge is 0.142 e. The Morgan fingerprint density at radius 1 is 1.28 bits per heavy atom. The van der Waals surface area contributed by atoms with Gasteiger partial charge in [-0.1, -0.05) is 37.3 Å². The lowest BCUT2D eigenvalue weighted by Gasteiger charge is -2.13. The molecule has 4 heteroatoms. The van der Waals surface area contributed by atoms with E-state index in [-0.39, 0.29) is 0 Å². The van der Waals surface area contributed by atoms with E-state index in [1.807, 2.05) is 6.20 Å². The van der Waals surface area contributed by atoms with Gasteiger partial charge in [0.15, 0.2) is 0 Å². The number of halogens is 1. The molecule has 1 aromatic carbocycles. The van der Waals surface area contributed by atoms with Gasteiger partial charge in [0.25, 0.3) is 0 Å². The fourth-order valence-corrected chi connectivity index (χ4v) is 2.29. The number of rotatable bonds is 5. The van der Waals surface area contributed by atoms with Crippen molar-refractivity contribution in [3.05, 3.63) is 52.0 Å². The van der Waals surface area contributed by atoms with Gasteiger partial charge in [0, 0.05) is 12.7 Å². The van der Waals surface area contributed by atoms with Crippen molar-refractivity contribution >= 4 is 28.4 Å². The van der Waals surface area contributed by atoms with Gasteiger partial charge >= 0.3 is 0 Å². The van der Waals surface area contributed by atoms with E-state index in [0.29, 0.717) is 5.92 Å². The Hall–Kier alpha value is -1.17. The normalized spacial score (nSPS) is 12.1. The zero-order valence-corrected chi connectivity index (χ0v) is 12.5. The fourth-order valence-electron chi connectivity index (χ4n) is 1.80. The minimum atomic E-state index is 0.554. The zero-order valence-electron chi connectivity index (χ0n) is 10.3. The van der Waals surface area contributed by atoms with E-state index in [1.165, 1.54) is 5.56 Å². The van der Waals surface area contributed by atoms with E-state index in [0.717, 1.165) is 22.4 Å². The highest BCUT2D eigenvalue weighted by molar-refractivity contribution is 14.1. The lowest BCUT2D eigenvalue weighted by molar-refractivity contribution is 0.704. The summed E-state index contributed by atoms with van der Waals surface area (Å²) >= 11 is 2.24. The first kappa shape index (κ1) is 13.3. The quantitative estimate of drug-likeness (QED) is 0.834. The summed E-state index contributed by atoms with van der Waals surface area (Å²) in [5.74, 6) is 1.48. The van der Waals surface area contributed by atoms with E-state index < -0.39 is 0 Å². The standard InChI is InChI=1S/C14H16IN3/c1-11(12-5-3-2-4-6-12)7-8-17-14-13(15)9-16-10-18-14/h2-6,9-11H,7-8H2,1H3,(H,16,17,18). The zero-order chi connectivity index (χ0) is 12.8. The highest BCUT2D eigenvalue weighted by Gasteiger charge is 2.05. The number of anilines is 1. The highest BCUT2D eigenvalue weighted by atomic mass is 127. The van der Waals surface area contributed by atoms with E-state index in [2.05, 4.69) is 75.1 Å². The molecule has 1 aromatic heterocycles. The summed E-state index contributed by atoms with van der Waals surface area (Å²) in [6.45, 7) is 3.17. The number of nitrogens with zero attached hydrogens (tertiary/aromatic N) is 2. The fraction of sp³-hybridized carbons (Fsp3) is 0.286. The summed E-state index contributed by atoms with van der Waals surface area (Å²) in [5.41, 5.74) is 1.39. The molecule has 3 nitrogen and oxygen atoms in total. The molecule has 0 radical (unpaired) electrons. The van der Waals surface area contributed by atoms with E-state index in [4.69, 9.17) is 0 Å². The Labute approximate surface area is 121 Å². The summed E-state index contributed by atoms with van der Waals surface area (Å²) in [4.78, 5) is 8.20. The third kappa shape index (κ3) is 3.66. The van der Waals surface area contributed by atoms with Crippen molar-refractivity contribution < 1.29 is 0 Å². The topological polar surface area (TPSA) is 37.8 Å². The molecule has 18 heavy (non-hydrogen) atoms. The SMILES string of the molecule is CC(CCNc1ncncc1I)c1ccccc1. The molecule has 0 amide bonds. The molecular formula is C14H16IN3. The minimum absolute atomic E-state index is 0.554. The highest BCUT2D eigenvalue weighted by Crippen LogP contribution is 2.19. The molecule has 0 saturated heterocycles. The average molecular weight is 353 g/mol. The van der Waals surface area contributed by atoms with Crippen LogP contribution in [-0.2, 0) is 0 Å². The van der Waals surface area contributed by atoms with Crippen LogP contribution in [0.15, 0.2) is 42.9 Å². The average Bonchev–Trinajstić information content (AvgIpc) is 2.42. The van der Waals surface area contributed by atoms with Crippen LogP contribution in [0.2, 0.25) is 0 Å². The third-order valence-electron chi connectivity index (χ3n) is 2.91. The van der Waals surface area contributed by atoms with Crippen LogP contribution < -0.4 is 5.32 Å². The van der Waals surface area contributed by atoms with Gasteiger partial charge in [0.2, 0.25) is 0 Å². The first-order chi connectivity index (χ1) is 8.77. The first-order valence-electron chi connectivity index (χ1n) is 6.01. The molecule has 1 unspecified atom stereocenters. The van der Waals surface area contributed by atoms with Crippen LogP contribution in [0.5, 0.6) is 0 Å². The van der Waals surface area contributed by atoms with Crippen LogP contribution in [0.4, 0.5) is 5.82 Å². The Morgan fingerprint density at radius 3 is 2.78 bits per heavy atom. The van der Waals surface area contributed by atoms with Crippen molar-refractivity contribution in [1.29, 1.82) is 0 Å². The number of hydrogen-bond donors (Lipinski definition) is 1. The van der Waals surface area contributed by atoms with Gasteiger partial charge in [-0.2, -0.15) is 0 Å². The lowest BCUT2D eigenvalue weighted by Crippen LogP contribution is -2.08. The Balaban J connectivity index is 1.84. The molecule has 0 spiro atoms. The number of nitrogens with one attached hydrogen (secondary N) is 1. The molecule has 0 aliphatic heterocycles. The van der Waals surface area contributed by atoms with Crippen LogP contribution in [0.1, 0.15) is 24.8 Å². The van der Waals surface area contributed by atoms with E-state index >= 15 is 0 Å². The van der Waals surface area contributed by atoms with Crippen LogP contribution in [0.25, 0.3) is 0 Å². The van der Waals surface area contributed by atoms with Crippen LogP contribution in [-0.4, -0.2) is 16.5 Å². The molecule has 0 aliphatic carbocycles. The van der Waals surface area contributed by atoms with Gasteiger partial charge in [0.05, 0.1) is 3.57 Å². The minimum Gasteiger partial charge on any atom is -0.369 e. The monoisotopic (exact) mass is 353 g/mol. The van der Waals surface area contributed by atoms with E-state index in [1.54, 1.807) is 6.33 Å². The molecule has 2 aromatic rings. The van der Waals surface area contributed by atoms with Gasteiger partial charge in [-0.15, -0.1) is 0 Å². The van der Waals surface area contributed by atoms with Crippen molar-refractivity contribution in [3.63, 3.8) is 0 Å². The summed E-state index contributed by atoms with van der Waals surface area (Å²) in [6, 6.07) is 10.6. The molecule has 0 saturated carbocycles. The lowest BCUT2D eigenvalue weighted by atomic mass is 9.98. The number of benzene rings is 1. The largest absolute Gasteiger partial charge is 0.369 e. The molecule has 1 atom stereocenters. The summed E-state index contributed by atoms with van der Waals surface area (Å²) in [5, 5.41) is 3.35. The second kappa shape index (κ2) is 6.68. The molecule has 2 rings (SSSR count). The van der Waals surface area contributed by atoms with Gasteiger partial charge in [0.1, 0.15) is 12.1 Å². The maximum Gasteiger partial charge on any atom is 0.142 e. The van der Waals surface area contributed by atoms with Gasteiger partial charge in [-0.3, -0.25) is 0 Å². The van der Waals surface area contributed by atoms with Gasteiger partial charge < -0.3 is 5.32 Å². The van der Waals surface area contributed by atoms with Crippen LogP contribution in [0, 0.1) is 3.57 Å². The van der Waals surface area contributed by atoms with Crippen molar-refractivity contribution in [3.8, 4) is 0 Å². The van der Waals surface area contributed by atoms with Crippen molar-refractivity contribution in [2.45, 2.75) is 19.3 Å². The van der Waals surface area contributed by atoms with Crippen molar-refractivity contribution in [2.75, 3.05) is 11.9 Å². The Kier molecular flexibility index (Phi) is 4.92. The molecule has 94 valence electrons. The van der Waals surface area contributed by atoms with Gasteiger partial charge in [-0.25, -0.2) is 9.97 Å². The molecule has 0 bridgehead atoms. The second-order valence-electron chi connectivity index (χ2n) is 4.25.